The van der Waals surface area contributed by atoms with E-state index in [9.17, 15) is 22.4 Å². The monoisotopic (exact) mass is 617 g/mol. The van der Waals surface area contributed by atoms with Crippen LogP contribution in [0.15, 0.2) is 114 Å². The Labute approximate surface area is 258 Å². The zero-order chi connectivity index (χ0) is 31.5. The molecule has 0 aliphatic heterocycles. The number of benzene rings is 4. The second-order valence-electron chi connectivity index (χ2n) is 10.2. The third kappa shape index (κ3) is 8.23. The molecule has 0 saturated heterocycles. The summed E-state index contributed by atoms with van der Waals surface area (Å²) in [5.74, 6) is -0.885. The highest BCUT2D eigenvalue weighted by Gasteiger charge is 2.34. The number of carbonyl (C=O) groups is 2. The van der Waals surface area contributed by atoms with E-state index < -0.39 is 34.3 Å². The van der Waals surface area contributed by atoms with Crippen LogP contribution in [-0.4, -0.2) is 51.4 Å². The van der Waals surface area contributed by atoms with Crippen LogP contribution in [0.1, 0.15) is 24.5 Å². The molecule has 0 fully saturated rings. The van der Waals surface area contributed by atoms with Crippen molar-refractivity contribution in [2.75, 3.05) is 24.5 Å². The Morgan fingerprint density at radius 3 is 2.05 bits per heavy atom. The van der Waals surface area contributed by atoms with Crippen molar-refractivity contribution in [3.8, 4) is 5.75 Å². The first-order valence-corrected chi connectivity index (χ1v) is 15.7. The minimum atomic E-state index is -4.20. The van der Waals surface area contributed by atoms with Crippen LogP contribution in [-0.2, 0) is 32.6 Å². The fraction of sp³-hybridized carbons (Fsp3) is 0.235. The summed E-state index contributed by atoms with van der Waals surface area (Å²) >= 11 is 0. The molecule has 0 aromatic heterocycles. The molecule has 4 rings (SSSR count). The summed E-state index contributed by atoms with van der Waals surface area (Å²) in [6.45, 7) is 1.70. The SMILES string of the molecule is CCCNC(=O)C(Cc1ccccc1)N(Cc1ccc(F)cc1)C(=O)CN(c1ccc(OC)cc1)S(=O)(=O)c1ccccc1. The first-order chi connectivity index (χ1) is 21.2. The van der Waals surface area contributed by atoms with Crippen LogP contribution < -0.4 is 14.4 Å². The van der Waals surface area contributed by atoms with Crippen LogP contribution in [0.3, 0.4) is 0 Å². The van der Waals surface area contributed by atoms with Gasteiger partial charge in [-0.05, 0) is 66.1 Å². The van der Waals surface area contributed by atoms with Gasteiger partial charge in [-0.2, -0.15) is 0 Å². The second-order valence-corrected chi connectivity index (χ2v) is 12.0. The van der Waals surface area contributed by atoms with Crippen molar-refractivity contribution in [2.24, 2.45) is 0 Å². The van der Waals surface area contributed by atoms with Crippen molar-refractivity contribution in [2.45, 2.75) is 37.2 Å². The van der Waals surface area contributed by atoms with Crippen LogP contribution in [0.4, 0.5) is 10.1 Å². The van der Waals surface area contributed by atoms with Crippen molar-refractivity contribution >= 4 is 27.5 Å². The predicted molar refractivity (Wildman–Crippen MR) is 168 cm³/mol. The fourth-order valence-corrected chi connectivity index (χ4v) is 6.14. The lowest BCUT2D eigenvalue weighted by molar-refractivity contribution is -0.140. The molecule has 230 valence electrons. The van der Waals surface area contributed by atoms with Crippen molar-refractivity contribution in [3.05, 3.63) is 126 Å². The Balaban J connectivity index is 1.78. The molecule has 1 atom stereocenters. The number of hydrogen-bond acceptors (Lipinski definition) is 5. The van der Waals surface area contributed by atoms with E-state index >= 15 is 0 Å². The number of nitrogens with one attached hydrogen (secondary N) is 1. The van der Waals surface area contributed by atoms with Gasteiger partial charge in [0.2, 0.25) is 11.8 Å². The van der Waals surface area contributed by atoms with Crippen LogP contribution in [0.25, 0.3) is 0 Å². The topological polar surface area (TPSA) is 96.0 Å². The number of methoxy groups -OCH3 is 1. The van der Waals surface area contributed by atoms with Gasteiger partial charge < -0.3 is 15.0 Å². The van der Waals surface area contributed by atoms with Gasteiger partial charge >= 0.3 is 0 Å². The Kier molecular flexibility index (Phi) is 11.1. The molecule has 0 bridgehead atoms. The molecule has 8 nitrogen and oxygen atoms in total. The highest BCUT2D eigenvalue weighted by Crippen LogP contribution is 2.27. The number of sulfonamides is 1. The summed E-state index contributed by atoms with van der Waals surface area (Å²) in [5, 5.41) is 2.90. The maximum absolute atomic E-state index is 14.4. The lowest BCUT2D eigenvalue weighted by atomic mass is 10.0. The number of amides is 2. The smallest absolute Gasteiger partial charge is 0.264 e. The van der Waals surface area contributed by atoms with Gasteiger partial charge in [-0.25, -0.2) is 12.8 Å². The molecular weight excluding hydrogens is 581 g/mol. The van der Waals surface area contributed by atoms with Gasteiger partial charge in [0.15, 0.2) is 0 Å². The van der Waals surface area contributed by atoms with E-state index in [1.165, 1.54) is 36.3 Å². The average Bonchev–Trinajstić information content (AvgIpc) is 3.05. The second kappa shape index (κ2) is 15.2. The summed E-state index contributed by atoms with van der Waals surface area (Å²) in [7, 11) is -2.70. The van der Waals surface area contributed by atoms with Gasteiger partial charge in [0.25, 0.3) is 10.0 Å². The Hall–Kier alpha value is -4.70. The largest absolute Gasteiger partial charge is 0.497 e. The van der Waals surface area contributed by atoms with Gasteiger partial charge in [-0.1, -0.05) is 67.6 Å². The first kappa shape index (κ1) is 32.2. The minimum absolute atomic E-state index is 0.00947. The Bertz CT molecular complexity index is 1620. The van der Waals surface area contributed by atoms with Crippen LogP contribution in [0.2, 0.25) is 0 Å². The first-order valence-electron chi connectivity index (χ1n) is 14.3. The molecule has 0 spiro atoms. The highest BCUT2D eigenvalue weighted by atomic mass is 32.2. The summed E-state index contributed by atoms with van der Waals surface area (Å²) in [6, 6.07) is 28.1. The molecule has 0 aliphatic carbocycles. The molecule has 2 amide bonds. The van der Waals surface area contributed by atoms with Crippen molar-refractivity contribution in [1.82, 2.24) is 10.2 Å². The molecule has 10 heteroatoms. The van der Waals surface area contributed by atoms with E-state index in [0.29, 0.717) is 24.3 Å². The van der Waals surface area contributed by atoms with Gasteiger partial charge in [-0.15, -0.1) is 0 Å². The van der Waals surface area contributed by atoms with Crippen molar-refractivity contribution < 1.29 is 27.1 Å². The van der Waals surface area contributed by atoms with Crippen LogP contribution in [0, 0.1) is 5.82 Å². The number of anilines is 1. The number of halogens is 1. The lowest BCUT2D eigenvalue weighted by Gasteiger charge is -2.34. The molecule has 0 radical (unpaired) electrons. The minimum Gasteiger partial charge on any atom is -0.497 e. The zero-order valence-electron chi connectivity index (χ0n) is 24.7. The van der Waals surface area contributed by atoms with Crippen molar-refractivity contribution in [1.29, 1.82) is 0 Å². The summed E-state index contributed by atoms with van der Waals surface area (Å²) in [5.41, 5.74) is 1.66. The summed E-state index contributed by atoms with van der Waals surface area (Å²) in [6.07, 6.45) is 0.883. The molecular formula is C34H36FN3O5S. The van der Waals surface area contributed by atoms with E-state index in [-0.39, 0.29) is 29.5 Å². The number of nitrogens with zero attached hydrogens (tertiary/aromatic N) is 2. The van der Waals surface area contributed by atoms with E-state index in [2.05, 4.69) is 5.32 Å². The van der Waals surface area contributed by atoms with E-state index in [4.69, 9.17) is 4.74 Å². The van der Waals surface area contributed by atoms with Gasteiger partial charge in [-0.3, -0.25) is 13.9 Å². The number of rotatable bonds is 14. The predicted octanol–water partition coefficient (Wildman–Crippen LogP) is 5.20. The summed E-state index contributed by atoms with van der Waals surface area (Å²) in [4.78, 5) is 29.4. The molecule has 0 heterocycles. The summed E-state index contributed by atoms with van der Waals surface area (Å²) < 4.78 is 48.0. The molecule has 1 unspecified atom stereocenters. The molecule has 4 aromatic rings. The molecule has 0 saturated carbocycles. The number of ether oxygens (including phenoxy) is 1. The molecule has 44 heavy (non-hydrogen) atoms. The van der Waals surface area contributed by atoms with Gasteiger partial charge in [0.1, 0.15) is 24.2 Å². The number of hydrogen-bond donors (Lipinski definition) is 1. The Morgan fingerprint density at radius 1 is 0.841 bits per heavy atom. The quantitative estimate of drug-likeness (QED) is 0.210. The normalized spacial score (nSPS) is 11.8. The van der Waals surface area contributed by atoms with E-state index in [1.54, 1.807) is 54.6 Å². The average molecular weight is 618 g/mol. The van der Waals surface area contributed by atoms with E-state index in [0.717, 1.165) is 9.87 Å². The maximum Gasteiger partial charge on any atom is 0.264 e. The van der Waals surface area contributed by atoms with Crippen molar-refractivity contribution in [3.63, 3.8) is 0 Å². The maximum atomic E-state index is 14.4. The van der Waals surface area contributed by atoms with Gasteiger partial charge in [0, 0.05) is 19.5 Å². The van der Waals surface area contributed by atoms with Crippen LogP contribution >= 0.6 is 0 Å². The third-order valence-electron chi connectivity index (χ3n) is 7.06. The Morgan fingerprint density at radius 2 is 1.45 bits per heavy atom. The lowest BCUT2D eigenvalue weighted by Crippen LogP contribution is -2.53. The molecule has 0 aliphatic rings. The van der Waals surface area contributed by atoms with Gasteiger partial charge in [0.05, 0.1) is 17.7 Å². The van der Waals surface area contributed by atoms with E-state index in [1.807, 2.05) is 37.3 Å². The zero-order valence-corrected chi connectivity index (χ0v) is 25.5. The third-order valence-corrected chi connectivity index (χ3v) is 8.85. The standard InChI is InChI=1S/C34H36FN3O5S/c1-3-22-36-34(40)32(23-26-10-6-4-7-11-26)37(24-27-14-16-28(35)17-15-27)33(39)25-38(29-18-20-30(43-2)21-19-29)44(41,42)31-12-8-5-9-13-31/h4-21,32H,3,22-25H2,1-2H3,(H,36,40). The molecule has 1 N–H and O–H groups in total. The number of carbonyl (C=O) groups excluding carboxylic acids is 2. The fourth-order valence-electron chi connectivity index (χ4n) is 4.70. The van der Waals surface area contributed by atoms with Crippen LogP contribution in [0.5, 0.6) is 5.75 Å². The highest BCUT2D eigenvalue weighted by molar-refractivity contribution is 7.92. The molecule has 4 aromatic carbocycles.